The van der Waals surface area contributed by atoms with Crippen molar-refractivity contribution in [3.63, 3.8) is 0 Å². The molecule has 0 radical (unpaired) electrons. The summed E-state index contributed by atoms with van der Waals surface area (Å²) >= 11 is 0. The standard InChI is InChI=1S/C13H17FN2O3/c1-3-9(4-2)8-15-13(17)10-5-6-11(14)12(7-10)16(18)19/h5-7,9H,3-4,8H2,1-2H3,(H,15,17). The van der Waals surface area contributed by atoms with Crippen molar-refractivity contribution in [2.75, 3.05) is 6.54 Å². The smallest absolute Gasteiger partial charge is 0.305 e. The van der Waals surface area contributed by atoms with Crippen LogP contribution >= 0.6 is 0 Å². The average molecular weight is 268 g/mol. The summed E-state index contributed by atoms with van der Waals surface area (Å²) in [5.74, 6) is -0.990. The van der Waals surface area contributed by atoms with E-state index in [0.29, 0.717) is 12.5 Å². The molecule has 6 heteroatoms. The van der Waals surface area contributed by atoms with E-state index in [9.17, 15) is 19.3 Å². The normalized spacial score (nSPS) is 10.5. The topological polar surface area (TPSA) is 72.2 Å². The van der Waals surface area contributed by atoms with Crippen LogP contribution in [-0.4, -0.2) is 17.4 Å². The number of halogens is 1. The van der Waals surface area contributed by atoms with Gasteiger partial charge < -0.3 is 5.32 Å². The zero-order valence-corrected chi connectivity index (χ0v) is 11.0. The van der Waals surface area contributed by atoms with Gasteiger partial charge in [0, 0.05) is 18.2 Å². The van der Waals surface area contributed by atoms with Crippen LogP contribution in [0.2, 0.25) is 0 Å². The van der Waals surface area contributed by atoms with Crippen LogP contribution in [0.1, 0.15) is 37.0 Å². The molecular weight excluding hydrogens is 251 g/mol. The molecule has 1 N–H and O–H groups in total. The Morgan fingerprint density at radius 1 is 1.42 bits per heavy atom. The second kappa shape index (κ2) is 6.82. The molecule has 0 heterocycles. The van der Waals surface area contributed by atoms with E-state index in [2.05, 4.69) is 5.32 Å². The summed E-state index contributed by atoms with van der Waals surface area (Å²) in [7, 11) is 0. The molecule has 0 aliphatic rings. The van der Waals surface area contributed by atoms with Crippen molar-refractivity contribution >= 4 is 11.6 Å². The fourth-order valence-electron chi connectivity index (χ4n) is 1.71. The van der Waals surface area contributed by atoms with E-state index in [1.165, 1.54) is 6.07 Å². The Bertz CT molecular complexity index is 473. The fourth-order valence-corrected chi connectivity index (χ4v) is 1.71. The van der Waals surface area contributed by atoms with Crippen molar-refractivity contribution in [1.29, 1.82) is 0 Å². The molecule has 0 unspecified atom stereocenters. The molecule has 0 spiro atoms. The molecule has 19 heavy (non-hydrogen) atoms. The van der Waals surface area contributed by atoms with Gasteiger partial charge in [0.25, 0.3) is 5.91 Å². The van der Waals surface area contributed by atoms with E-state index in [0.717, 1.165) is 25.0 Å². The minimum Gasteiger partial charge on any atom is -0.352 e. The zero-order chi connectivity index (χ0) is 14.4. The number of hydrogen-bond donors (Lipinski definition) is 1. The van der Waals surface area contributed by atoms with Crippen LogP contribution in [0.25, 0.3) is 0 Å². The molecule has 0 fully saturated rings. The molecule has 104 valence electrons. The lowest BCUT2D eigenvalue weighted by atomic mass is 10.0. The first-order chi connectivity index (χ1) is 8.99. The second-order valence-corrected chi connectivity index (χ2v) is 4.32. The Balaban J connectivity index is 2.77. The highest BCUT2D eigenvalue weighted by Crippen LogP contribution is 2.18. The first-order valence-corrected chi connectivity index (χ1v) is 6.21. The van der Waals surface area contributed by atoms with Crippen molar-refractivity contribution in [3.05, 3.63) is 39.7 Å². The van der Waals surface area contributed by atoms with Crippen LogP contribution in [0.15, 0.2) is 18.2 Å². The molecule has 0 aliphatic heterocycles. The average Bonchev–Trinajstić information content (AvgIpc) is 2.39. The SMILES string of the molecule is CCC(CC)CNC(=O)c1ccc(F)c([N+](=O)[O-])c1. The van der Waals surface area contributed by atoms with Gasteiger partial charge >= 0.3 is 5.69 Å². The lowest BCUT2D eigenvalue weighted by Crippen LogP contribution is -2.29. The highest BCUT2D eigenvalue weighted by molar-refractivity contribution is 5.94. The van der Waals surface area contributed by atoms with Crippen molar-refractivity contribution in [3.8, 4) is 0 Å². The first-order valence-electron chi connectivity index (χ1n) is 6.21. The summed E-state index contributed by atoms with van der Waals surface area (Å²) < 4.78 is 13.1. The van der Waals surface area contributed by atoms with Gasteiger partial charge in [-0.05, 0) is 18.1 Å². The Labute approximate surface area is 111 Å². The van der Waals surface area contributed by atoms with Crippen molar-refractivity contribution < 1.29 is 14.1 Å². The Morgan fingerprint density at radius 3 is 2.58 bits per heavy atom. The number of amides is 1. The fraction of sp³-hybridized carbons (Fsp3) is 0.462. The number of nitrogens with zero attached hydrogens (tertiary/aromatic N) is 1. The van der Waals surface area contributed by atoms with Crippen LogP contribution in [0.5, 0.6) is 0 Å². The quantitative estimate of drug-likeness (QED) is 0.637. The molecule has 0 bridgehead atoms. The van der Waals surface area contributed by atoms with Crippen LogP contribution in [0, 0.1) is 21.8 Å². The summed E-state index contributed by atoms with van der Waals surface area (Å²) in [6.45, 7) is 4.57. The third-order valence-electron chi connectivity index (χ3n) is 3.11. The van der Waals surface area contributed by atoms with E-state index < -0.39 is 22.3 Å². The number of benzene rings is 1. The third-order valence-corrected chi connectivity index (χ3v) is 3.11. The number of rotatable bonds is 6. The monoisotopic (exact) mass is 268 g/mol. The van der Waals surface area contributed by atoms with Crippen LogP contribution in [0.4, 0.5) is 10.1 Å². The minimum atomic E-state index is -0.943. The largest absolute Gasteiger partial charge is 0.352 e. The van der Waals surface area contributed by atoms with Gasteiger partial charge in [-0.15, -0.1) is 0 Å². The number of hydrogen-bond acceptors (Lipinski definition) is 3. The molecule has 0 atom stereocenters. The predicted octanol–water partition coefficient (Wildman–Crippen LogP) is 2.90. The maximum absolute atomic E-state index is 13.1. The molecule has 1 rings (SSSR count). The van der Waals surface area contributed by atoms with Crippen LogP contribution < -0.4 is 5.32 Å². The van der Waals surface area contributed by atoms with Crippen molar-refractivity contribution in [2.24, 2.45) is 5.92 Å². The summed E-state index contributed by atoms with van der Waals surface area (Å²) in [4.78, 5) is 21.6. The molecule has 5 nitrogen and oxygen atoms in total. The molecule has 1 amide bonds. The van der Waals surface area contributed by atoms with Gasteiger partial charge in [-0.1, -0.05) is 26.7 Å². The first kappa shape index (κ1) is 15.1. The summed E-state index contributed by atoms with van der Waals surface area (Å²) in [5, 5.41) is 13.3. The second-order valence-electron chi connectivity index (χ2n) is 4.32. The molecule has 0 saturated heterocycles. The van der Waals surface area contributed by atoms with Gasteiger partial charge in [0.2, 0.25) is 5.82 Å². The molecular formula is C13H17FN2O3. The van der Waals surface area contributed by atoms with Crippen molar-refractivity contribution in [1.82, 2.24) is 5.32 Å². The van der Waals surface area contributed by atoms with E-state index >= 15 is 0 Å². The van der Waals surface area contributed by atoms with E-state index in [4.69, 9.17) is 0 Å². The maximum Gasteiger partial charge on any atom is 0.305 e. The van der Waals surface area contributed by atoms with E-state index in [-0.39, 0.29) is 5.56 Å². The van der Waals surface area contributed by atoms with Gasteiger partial charge in [0.15, 0.2) is 0 Å². The highest BCUT2D eigenvalue weighted by Gasteiger charge is 2.17. The number of nitro groups is 1. The maximum atomic E-state index is 13.1. The number of nitrogens with one attached hydrogen (secondary N) is 1. The van der Waals surface area contributed by atoms with Crippen molar-refractivity contribution in [2.45, 2.75) is 26.7 Å². The van der Waals surface area contributed by atoms with Gasteiger partial charge in [-0.3, -0.25) is 14.9 Å². The number of carbonyl (C=O) groups excluding carboxylic acids is 1. The lowest BCUT2D eigenvalue weighted by molar-refractivity contribution is -0.387. The highest BCUT2D eigenvalue weighted by atomic mass is 19.1. The van der Waals surface area contributed by atoms with E-state index in [1.54, 1.807) is 0 Å². The Morgan fingerprint density at radius 2 is 2.05 bits per heavy atom. The van der Waals surface area contributed by atoms with Gasteiger partial charge in [0.1, 0.15) is 0 Å². The molecule has 0 saturated carbocycles. The van der Waals surface area contributed by atoms with E-state index in [1.807, 2.05) is 13.8 Å². The Hall–Kier alpha value is -1.98. The summed E-state index contributed by atoms with van der Waals surface area (Å²) in [6.07, 6.45) is 1.89. The summed E-state index contributed by atoms with van der Waals surface area (Å²) in [5.41, 5.74) is -0.589. The van der Waals surface area contributed by atoms with Gasteiger partial charge in [0.05, 0.1) is 4.92 Å². The Kier molecular flexibility index (Phi) is 5.41. The molecule has 0 aliphatic carbocycles. The molecule has 0 aromatic heterocycles. The van der Waals surface area contributed by atoms with Gasteiger partial charge in [-0.25, -0.2) is 0 Å². The van der Waals surface area contributed by atoms with Crippen LogP contribution in [0.3, 0.4) is 0 Å². The number of carbonyl (C=O) groups is 1. The molecule has 1 aromatic rings. The predicted molar refractivity (Wildman–Crippen MR) is 69.5 cm³/mol. The van der Waals surface area contributed by atoms with Crippen LogP contribution in [-0.2, 0) is 0 Å². The number of nitro benzene ring substituents is 1. The van der Waals surface area contributed by atoms with Gasteiger partial charge in [-0.2, -0.15) is 4.39 Å². The minimum absolute atomic E-state index is 0.0963. The summed E-state index contributed by atoms with van der Waals surface area (Å²) in [6, 6.07) is 3.13. The molecule has 1 aromatic carbocycles. The third kappa shape index (κ3) is 4.01. The zero-order valence-electron chi connectivity index (χ0n) is 11.0. The lowest BCUT2D eigenvalue weighted by Gasteiger charge is -2.13.